The van der Waals surface area contributed by atoms with Crippen molar-refractivity contribution < 1.29 is 27.5 Å². The van der Waals surface area contributed by atoms with Gasteiger partial charge < -0.3 is 10.1 Å². The third kappa shape index (κ3) is 4.46. The predicted octanol–water partition coefficient (Wildman–Crippen LogP) is 3.55. The summed E-state index contributed by atoms with van der Waals surface area (Å²) in [5.74, 6) is -4.34. The maximum absolute atomic E-state index is 13.4. The number of benzene rings is 2. The van der Waals surface area contributed by atoms with Crippen molar-refractivity contribution in [3.8, 4) is 0 Å². The number of amides is 1. The molecule has 2 aromatic carbocycles. The van der Waals surface area contributed by atoms with Crippen molar-refractivity contribution in [1.82, 2.24) is 0 Å². The fourth-order valence-electron chi connectivity index (χ4n) is 1.64. The molecule has 23 heavy (non-hydrogen) atoms. The predicted molar refractivity (Wildman–Crippen MR) is 76.7 cm³/mol. The molecule has 0 heterocycles. The first-order chi connectivity index (χ1) is 10.9. The van der Waals surface area contributed by atoms with Crippen LogP contribution in [0.3, 0.4) is 0 Å². The minimum Gasteiger partial charge on any atom is -0.452 e. The second kappa shape index (κ2) is 7.15. The highest BCUT2D eigenvalue weighted by Crippen LogP contribution is 2.22. The number of halogens is 4. The summed E-state index contributed by atoms with van der Waals surface area (Å²) in [4.78, 5) is 23.2. The molecule has 0 saturated carbocycles. The Morgan fingerprint density at radius 3 is 2.39 bits per heavy atom. The van der Waals surface area contributed by atoms with Crippen molar-refractivity contribution >= 4 is 29.2 Å². The zero-order chi connectivity index (χ0) is 17.0. The van der Waals surface area contributed by atoms with Gasteiger partial charge in [0.1, 0.15) is 17.5 Å². The van der Waals surface area contributed by atoms with E-state index in [2.05, 4.69) is 10.1 Å². The number of carbonyl (C=O) groups is 2. The zero-order valence-corrected chi connectivity index (χ0v) is 12.2. The van der Waals surface area contributed by atoms with Crippen molar-refractivity contribution in [2.24, 2.45) is 0 Å². The van der Waals surface area contributed by atoms with Gasteiger partial charge in [0.25, 0.3) is 5.91 Å². The van der Waals surface area contributed by atoms with Gasteiger partial charge in [-0.1, -0.05) is 11.6 Å². The van der Waals surface area contributed by atoms with Crippen molar-refractivity contribution in [2.45, 2.75) is 0 Å². The van der Waals surface area contributed by atoms with Crippen LogP contribution in [-0.2, 0) is 9.53 Å². The van der Waals surface area contributed by atoms with Crippen LogP contribution in [0.4, 0.5) is 18.9 Å². The van der Waals surface area contributed by atoms with Crippen LogP contribution in [0.15, 0.2) is 36.4 Å². The molecule has 8 heteroatoms. The Bertz CT molecular complexity index is 768. The number of esters is 1. The lowest BCUT2D eigenvalue weighted by Crippen LogP contribution is -2.21. The number of nitrogens with one attached hydrogen (secondary N) is 1. The molecule has 1 amide bonds. The Balaban J connectivity index is 1.96. The molecule has 2 rings (SSSR count). The van der Waals surface area contributed by atoms with E-state index >= 15 is 0 Å². The average Bonchev–Trinajstić information content (AvgIpc) is 2.50. The maximum atomic E-state index is 13.4. The largest absolute Gasteiger partial charge is 0.452 e. The summed E-state index contributed by atoms with van der Waals surface area (Å²) in [6.45, 7) is -0.748. The van der Waals surface area contributed by atoms with Gasteiger partial charge in [-0.3, -0.25) is 4.79 Å². The van der Waals surface area contributed by atoms with Crippen LogP contribution in [0.1, 0.15) is 10.4 Å². The van der Waals surface area contributed by atoms with Crippen LogP contribution in [0, 0.1) is 17.5 Å². The lowest BCUT2D eigenvalue weighted by atomic mass is 10.2. The van der Waals surface area contributed by atoms with Gasteiger partial charge in [0, 0.05) is 0 Å². The number of hydrogen-bond acceptors (Lipinski definition) is 3. The third-order valence-electron chi connectivity index (χ3n) is 2.69. The summed E-state index contributed by atoms with van der Waals surface area (Å²) >= 11 is 5.72. The quantitative estimate of drug-likeness (QED) is 0.864. The van der Waals surface area contributed by atoms with E-state index in [1.54, 1.807) is 0 Å². The molecule has 0 spiro atoms. The second-order valence-electron chi connectivity index (χ2n) is 4.37. The standard InChI is InChI=1S/C15H9ClF3NO3/c16-11-6-9(18)2-4-13(11)20-14(21)7-23-15(22)10-5-8(17)1-3-12(10)19/h1-6H,7H2,(H,20,21). The van der Waals surface area contributed by atoms with Gasteiger partial charge in [0.05, 0.1) is 16.3 Å². The molecular weight excluding hydrogens is 335 g/mol. The van der Waals surface area contributed by atoms with Crippen LogP contribution in [0.2, 0.25) is 5.02 Å². The minimum absolute atomic E-state index is 0.0409. The number of hydrogen-bond donors (Lipinski definition) is 1. The second-order valence-corrected chi connectivity index (χ2v) is 4.78. The Morgan fingerprint density at radius 1 is 1.04 bits per heavy atom. The Kier molecular flexibility index (Phi) is 5.23. The normalized spacial score (nSPS) is 10.3. The summed E-state index contributed by atoms with van der Waals surface area (Å²) in [7, 11) is 0. The number of carbonyl (C=O) groups excluding carboxylic acids is 2. The lowest BCUT2D eigenvalue weighted by molar-refractivity contribution is -0.119. The van der Waals surface area contributed by atoms with E-state index in [1.807, 2.05) is 0 Å². The SMILES string of the molecule is O=C(COC(=O)c1cc(F)ccc1F)Nc1ccc(F)cc1Cl. The summed E-state index contributed by atoms with van der Waals surface area (Å²) < 4.78 is 43.8. The molecule has 0 unspecified atom stereocenters. The number of anilines is 1. The van der Waals surface area contributed by atoms with E-state index in [0.29, 0.717) is 6.07 Å². The van der Waals surface area contributed by atoms with Crippen LogP contribution >= 0.6 is 11.6 Å². The van der Waals surface area contributed by atoms with Crippen LogP contribution in [0.5, 0.6) is 0 Å². The fourth-order valence-corrected chi connectivity index (χ4v) is 1.85. The molecule has 120 valence electrons. The molecule has 0 atom stereocenters. The fraction of sp³-hybridized carbons (Fsp3) is 0.0667. The third-order valence-corrected chi connectivity index (χ3v) is 3.00. The van der Waals surface area contributed by atoms with Gasteiger partial charge in [0.2, 0.25) is 0 Å². The van der Waals surface area contributed by atoms with Crippen molar-refractivity contribution in [2.75, 3.05) is 11.9 Å². The first-order valence-electron chi connectivity index (χ1n) is 6.24. The molecule has 0 aliphatic carbocycles. The van der Waals surface area contributed by atoms with E-state index in [1.165, 1.54) is 6.07 Å². The monoisotopic (exact) mass is 343 g/mol. The molecule has 1 N–H and O–H groups in total. The van der Waals surface area contributed by atoms with Gasteiger partial charge in [-0.2, -0.15) is 0 Å². The van der Waals surface area contributed by atoms with Crippen molar-refractivity contribution in [3.63, 3.8) is 0 Å². The van der Waals surface area contributed by atoms with Gasteiger partial charge in [-0.15, -0.1) is 0 Å². The highest BCUT2D eigenvalue weighted by Gasteiger charge is 2.16. The van der Waals surface area contributed by atoms with Gasteiger partial charge in [-0.25, -0.2) is 18.0 Å². The molecule has 0 aliphatic rings. The average molecular weight is 344 g/mol. The molecule has 0 bridgehead atoms. The molecule has 0 radical (unpaired) electrons. The van der Waals surface area contributed by atoms with Crippen LogP contribution in [0.25, 0.3) is 0 Å². The van der Waals surface area contributed by atoms with E-state index < -0.39 is 41.5 Å². The van der Waals surface area contributed by atoms with Gasteiger partial charge in [0.15, 0.2) is 6.61 Å². The highest BCUT2D eigenvalue weighted by molar-refractivity contribution is 6.33. The number of rotatable bonds is 4. The molecule has 0 saturated heterocycles. The summed E-state index contributed by atoms with van der Waals surface area (Å²) in [6.07, 6.45) is 0. The van der Waals surface area contributed by atoms with E-state index in [4.69, 9.17) is 11.6 Å². The summed E-state index contributed by atoms with van der Waals surface area (Å²) in [5.41, 5.74) is -0.510. The Labute approximate surface area is 133 Å². The van der Waals surface area contributed by atoms with Crippen LogP contribution in [-0.4, -0.2) is 18.5 Å². The summed E-state index contributed by atoms with van der Waals surface area (Å²) in [6, 6.07) is 5.57. The van der Waals surface area contributed by atoms with Crippen molar-refractivity contribution in [1.29, 1.82) is 0 Å². The highest BCUT2D eigenvalue weighted by atomic mass is 35.5. The lowest BCUT2D eigenvalue weighted by Gasteiger charge is -2.08. The van der Waals surface area contributed by atoms with Crippen LogP contribution < -0.4 is 5.32 Å². The number of ether oxygens (including phenoxy) is 1. The Morgan fingerprint density at radius 2 is 1.70 bits per heavy atom. The van der Waals surface area contributed by atoms with Gasteiger partial charge >= 0.3 is 5.97 Å². The zero-order valence-electron chi connectivity index (χ0n) is 11.4. The maximum Gasteiger partial charge on any atom is 0.341 e. The smallest absolute Gasteiger partial charge is 0.341 e. The van der Waals surface area contributed by atoms with E-state index in [-0.39, 0.29) is 10.7 Å². The van der Waals surface area contributed by atoms with Crippen molar-refractivity contribution in [3.05, 3.63) is 64.4 Å². The first-order valence-corrected chi connectivity index (χ1v) is 6.61. The molecule has 2 aromatic rings. The molecular formula is C15H9ClF3NO3. The minimum atomic E-state index is -1.19. The van der Waals surface area contributed by atoms with E-state index in [9.17, 15) is 22.8 Å². The van der Waals surface area contributed by atoms with E-state index in [0.717, 1.165) is 24.3 Å². The first kappa shape index (κ1) is 16.8. The summed E-state index contributed by atoms with van der Waals surface area (Å²) in [5, 5.41) is 2.25. The molecule has 0 aliphatic heterocycles. The molecule has 0 fully saturated rings. The topological polar surface area (TPSA) is 55.4 Å². The molecule has 4 nitrogen and oxygen atoms in total. The molecule has 0 aromatic heterocycles. The van der Waals surface area contributed by atoms with Gasteiger partial charge in [-0.05, 0) is 36.4 Å². The Hall–Kier alpha value is -2.54.